The highest BCUT2D eigenvalue weighted by Gasteiger charge is 2.37. The van der Waals surface area contributed by atoms with Gasteiger partial charge >= 0.3 is 0 Å². The average molecular weight is 396 g/mol. The molecule has 1 fully saturated rings. The van der Waals surface area contributed by atoms with Crippen molar-refractivity contribution >= 4 is 5.91 Å². The minimum absolute atomic E-state index is 0.0600. The number of rotatable bonds is 2. The van der Waals surface area contributed by atoms with Gasteiger partial charge in [-0.15, -0.1) is 0 Å². The van der Waals surface area contributed by atoms with Crippen molar-refractivity contribution in [3.63, 3.8) is 0 Å². The number of amides is 1. The molecule has 2 aromatic heterocycles. The summed E-state index contributed by atoms with van der Waals surface area (Å²) in [7, 11) is 0. The smallest absolute Gasteiger partial charge is 0.276 e. The first kappa shape index (κ1) is 17.9. The summed E-state index contributed by atoms with van der Waals surface area (Å²) in [5.41, 5.74) is 1.74. The van der Waals surface area contributed by atoms with Crippen molar-refractivity contribution in [2.45, 2.75) is 37.6 Å². The van der Waals surface area contributed by atoms with Gasteiger partial charge in [0.25, 0.3) is 11.8 Å². The van der Waals surface area contributed by atoms with E-state index in [1.54, 1.807) is 6.07 Å². The van der Waals surface area contributed by atoms with Crippen LogP contribution in [0.25, 0.3) is 11.6 Å². The molecule has 1 amide bonds. The fourth-order valence-corrected chi connectivity index (χ4v) is 4.25. The zero-order valence-electron chi connectivity index (χ0n) is 15.5. The fourth-order valence-electron chi connectivity index (χ4n) is 4.25. The van der Waals surface area contributed by atoms with Crippen LogP contribution in [0.2, 0.25) is 0 Å². The van der Waals surface area contributed by atoms with Crippen LogP contribution in [-0.2, 0) is 6.42 Å². The molecule has 1 aromatic carbocycles. The second-order valence-corrected chi connectivity index (χ2v) is 7.55. The number of aromatic nitrogens is 3. The quantitative estimate of drug-likeness (QED) is 0.660. The molecule has 1 saturated heterocycles. The van der Waals surface area contributed by atoms with Gasteiger partial charge in [-0.1, -0.05) is 5.16 Å². The van der Waals surface area contributed by atoms with Crippen LogP contribution in [0.4, 0.5) is 8.78 Å². The third-order valence-electron chi connectivity index (χ3n) is 5.77. The van der Waals surface area contributed by atoms with E-state index in [2.05, 4.69) is 15.1 Å². The van der Waals surface area contributed by atoms with E-state index in [0.29, 0.717) is 30.0 Å². The molecule has 2 atom stereocenters. The molecule has 0 spiro atoms. The Morgan fingerprint density at radius 2 is 1.93 bits per heavy atom. The summed E-state index contributed by atoms with van der Waals surface area (Å²) >= 11 is 0. The molecule has 148 valence electrons. The Hall–Kier alpha value is -3.16. The van der Waals surface area contributed by atoms with Crippen LogP contribution in [0.15, 0.2) is 41.1 Å². The number of nitrogens with zero attached hydrogens (tertiary/aromatic N) is 4. The Morgan fingerprint density at radius 1 is 1.07 bits per heavy atom. The van der Waals surface area contributed by atoms with Crippen molar-refractivity contribution < 1.29 is 18.1 Å². The number of halogens is 2. The van der Waals surface area contributed by atoms with Crippen molar-refractivity contribution in [1.29, 1.82) is 0 Å². The summed E-state index contributed by atoms with van der Waals surface area (Å²) < 4.78 is 32.0. The lowest BCUT2D eigenvalue weighted by molar-refractivity contribution is 0.0582. The van der Waals surface area contributed by atoms with E-state index in [9.17, 15) is 13.6 Å². The maximum absolute atomic E-state index is 13.6. The number of fused-ring (bicyclic) bond motifs is 2. The van der Waals surface area contributed by atoms with E-state index < -0.39 is 5.82 Å². The Balaban J connectivity index is 1.39. The number of pyridine rings is 1. The molecule has 0 N–H and O–H groups in total. The molecule has 0 unspecified atom stereocenters. The second-order valence-electron chi connectivity index (χ2n) is 7.55. The Kier molecular flexibility index (Phi) is 4.34. The number of hydrogen-bond acceptors (Lipinski definition) is 5. The van der Waals surface area contributed by atoms with Crippen molar-refractivity contribution in [2.24, 2.45) is 0 Å². The van der Waals surface area contributed by atoms with Gasteiger partial charge in [0.05, 0.1) is 6.20 Å². The van der Waals surface area contributed by atoms with Crippen molar-refractivity contribution in [3.8, 4) is 11.6 Å². The van der Waals surface area contributed by atoms with Crippen LogP contribution >= 0.6 is 0 Å². The zero-order chi connectivity index (χ0) is 20.0. The second kappa shape index (κ2) is 7.02. The van der Waals surface area contributed by atoms with Crippen LogP contribution < -0.4 is 0 Å². The maximum atomic E-state index is 13.6. The summed E-state index contributed by atoms with van der Waals surface area (Å²) in [6.07, 6.45) is 4.25. The topological polar surface area (TPSA) is 72.1 Å². The number of benzene rings is 1. The molecule has 5 rings (SSSR count). The highest BCUT2D eigenvalue weighted by Crippen LogP contribution is 2.35. The minimum Gasteiger partial charge on any atom is -0.335 e. The number of piperidine rings is 1. The first-order valence-electron chi connectivity index (χ1n) is 9.63. The van der Waals surface area contributed by atoms with Crippen LogP contribution in [-0.4, -0.2) is 38.5 Å². The minimum atomic E-state index is -0.438. The summed E-state index contributed by atoms with van der Waals surface area (Å²) in [5.74, 6) is -0.146. The molecule has 3 aromatic rings. The lowest BCUT2D eigenvalue weighted by Crippen LogP contribution is -2.45. The van der Waals surface area contributed by atoms with E-state index in [1.807, 2.05) is 4.90 Å². The molecule has 4 heterocycles. The molecular formula is C21H18F2N4O2. The first-order valence-corrected chi connectivity index (χ1v) is 9.63. The van der Waals surface area contributed by atoms with Gasteiger partial charge in [0, 0.05) is 24.1 Å². The van der Waals surface area contributed by atoms with Gasteiger partial charge in [0.1, 0.15) is 17.3 Å². The third-order valence-corrected chi connectivity index (χ3v) is 5.77. The molecule has 29 heavy (non-hydrogen) atoms. The molecule has 2 aliphatic rings. The number of aryl methyl sites for hydroxylation is 1. The van der Waals surface area contributed by atoms with Crippen molar-refractivity contribution in [1.82, 2.24) is 20.0 Å². The van der Waals surface area contributed by atoms with Crippen LogP contribution in [0.1, 0.15) is 46.9 Å². The van der Waals surface area contributed by atoms with E-state index in [-0.39, 0.29) is 29.6 Å². The highest BCUT2D eigenvalue weighted by molar-refractivity contribution is 5.96. The zero-order valence-corrected chi connectivity index (χ0v) is 15.5. The summed E-state index contributed by atoms with van der Waals surface area (Å²) in [6, 6.07) is 7.26. The monoisotopic (exact) mass is 396 g/mol. The molecule has 0 aliphatic carbocycles. The van der Waals surface area contributed by atoms with Crippen LogP contribution in [0.3, 0.4) is 0 Å². The third kappa shape index (κ3) is 3.28. The normalized spacial score (nSPS) is 21.4. The highest BCUT2D eigenvalue weighted by atomic mass is 19.1. The van der Waals surface area contributed by atoms with E-state index in [1.165, 1.54) is 24.3 Å². The lowest BCUT2D eigenvalue weighted by Gasteiger charge is -2.37. The molecule has 0 bridgehead atoms. The van der Waals surface area contributed by atoms with Gasteiger partial charge < -0.3 is 9.42 Å². The molecule has 0 saturated carbocycles. The predicted octanol–water partition coefficient (Wildman–Crippen LogP) is 3.74. The maximum Gasteiger partial charge on any atom is 0.276 e. The number of carbonyl (C=O) groups excluding carboxylic acids is 1. The van der Waals surface area contributed by atoms with Crippen molar-refractivity contribution in [3.05, 3.63) is 65.1 Å². The van der Waals surface area contributed by atoms with Crippen LogP contribution in [0.5, 0.6) is 0 Å². The predicted molar refractivity (Wildman–Crippen MR) is 99.0 cm³/mol. The largest absolute Gasteiger partial charge is 0.335 e. The van der Waals surface area contributed by atoms with E-state index >= 15 is 0 Å². The first-order chi connectivity index (χ1) is 14.1. The van der Waals surface area contributed by atoms with E-state index in [0.717, 1.165) is 31.0 Å². The van der Waals surface area contributed by atoms with Gasteiger partial charge in [-0.3, -0.25) is 4.79 Å². The molecule has 8 heteroatoms. The SMILES string of the molecule is O=C1c2ccc(F)cc2CC[C@H]2CC[C@@H](c3noc(-c4ccc(F)cn4)n3)CN12. The summed E-state index contributed by atoms with van der Waals surface area (Å²) in [5, 5.41) is 4.07. The fraction of sp³-hybridized carbons (Fsp3) is 0.333. The molecule has 0 radical (unpaired) electrons. The van der Waals surface area contributed by atoms with Gasteiger partial charge in [-0.05, 0) is 61.6 Å². The Labute approximate surface area is 165 Å². The Bertz CT molecular complexity index is 1070. The van der Waals surface area contributed by atoms with Gasteiger partial charge in [-0.25, -0.2) is 13.8 Å². The number of carbonyl (C=O) groups is 1. The molecule has 6 nitrogen and oxygen atoms in total. The molecular weight excluding hydrogens is 378 g/mol. The summed E-state index contributed by atoms with van der Waals surface area (Å²) in [6.45, 7) is 0.482. The van der Waals surface area contributed by atoms with Crippen LogP contribution in [0, 0.1) is 11.6 Å². The number of hydrogen-bond donors (Lipinski definition) is 0. The summed E-state index contributed by atoms with van der Waals surface area (Å²) in [4.78, 5) is 23.4. The van der Waals surface area contributed by atoms with Gasteiger partial charge in [0.15, 0.2) is 5.82 Å². The van der Waals surface area contributed by atoms with E-state index in [4.69, 9.17) is 4.52 Å². The van der Waals surface area contributed by atoms with Crippen molar-refractivity contribution in [2.75, 3.05) is 6.54 Å². The molecule has 2 aliphatic heterocycles. The van der Waals surface area contributed by atoms with Gasteiger partial charge in [-0.2, -0.15) is 4.98 Å². The lowest BCUT2D eigenvalue weighted by atomic mass is 9.90. The average Bonchev–Trinajstić information content (AvgIpc) is 3.18. The van der Waals surface area contributed by atoms with Gasteiger partial charge in [0.2, 0.25) is 0 Å². The standard InChI is InChI=1S/C21H18F2N4O2/c22-14-3-7-17-12(9-14)1-5-16-6-2-13(11-27(16)21(17)28)19-25-20(29-26-19)18-8-4-15(23)10-24-18/h3-4,7-10,13,16H,1-2,5-6,11H2/t13-,16+/m1/s1. The Morgan fingerprint density at radius 3 is 2.76 bits per heavy atom.